The summed E-state index contributed by atoms with van der Waals surface area (Å²) in [7, 11) is 1.70. The smallest absolute Gasteiger partial charge is 0.420 e. The van der Waals surface area contributed by atoms with Crippen LogP contribution in [-0.2, 0) is 19.8 Å². The van der Waals surface area contributed by atoms with E-state index in [9.17, 15) is 22.7 Å². The summed E-state index contributed by atoms with van der Waals surface area (Å²) in [5.41, 5.74) is -0.0981. The summed E-state index contributed by atoms with van der Waals surface area (Å²) in [6.07, 6.45) is -3.11. The number of halogens is 4. The molecule has 0 radical (unpaired) electrons. The Balaban J connectivity index is 1.71. The van der Waals surface area contributed by atoms with E-state index in [0.29, 0.717) is 28.3 Å². The first kappa shape index (κ1) is 25.8. The lowest BCUT2D eigenvalue weighted by Crippen LogP contribution is -2.06. The average molecular weight is 537 g/mol. The van der Waals surface area contributed by atoms with E-state index >= 15 is 0 Å². The van der Waals surface area contributed by atoms with Gasteiger partial charge in [0.15, 0.2) is 11.4 Å². The van der Waals surface area contributed by atoms with Crippen LogP contribution in [0, 0.1) is 17.1 Å². The summed E-state index contributed by atoms with van der Waals surface area (Å²) in [6, 6.07) is 11.4. The number of nitriles is 1. The summed E-state index contributed by atoms with van der Waals surface area (Å²) in [4.78, 5) is 8.68. The fraction of sp³-hybridized carbons (Fsp3) is 0.192. The Hall–Kier alpha value is -4.83. The third kappa shape index (κ3) is 5.14. The number of hydrogen-bond donors (Lipinski definition) is 2. The van der Waals surface area contributed by atoms with Crippen molar-refractivity contribution in [1.29, 1.82) is 5.26 Å². The first-order chi connectivity index (χ1) is 18.7. The van der Waals surface area contributed by atoms with Crippen LogP contribution in [0.25, 0.3) is 45.2 Å². The minimum Gasteiger partial charge on any atom is -0.434 e. The summed E-state index contributed by atoms with van der Waals surface area (Å²) >= 11 is 0. The van der Waals surface area contributed by atoms with Crippen LogP contribution in [0.3, 0.4) is 0 Å². The number of aliphatic hydroxyl groups is 1. The number of anilines is 1. The molecular formula is C26H19F4N7O2. The Bertz CT molecular complexity index is 1720. The number of hydrogen-bond acceptors (Lipinski definition) is 8. The highest BCUT2D eigenvalue weighted by molar-refractivity contribution is 5.85. The van der Waals surface area contributed by atoms with Gasteiger partial charge in [-0.3, -0.25) is 0 Å². The maximum Gasteiger partial charge on any atom is 0.420 e. The van der Waals surface area contributed by atoms with E-state index in [-0.39, 0.29) is 35.6 Å². The number of fused-ring (bicyclic) bond motifs is 1. The largest absolute Gasteiger partial charge is 0.434 e. The second kappa shape index (κ2) is 10.1. The van der Waals surface area contributed by atoms with E-state index in [2.05, 4.69) is 25.5 Å². The van der Waals surface area contributed by atoms with Crippen LogP contribution in [0.2, 0.25) is 0 Å². The average Bonchev–Trinajstić information content (AvgIpc) is 3.53. The zero-order chi connectivity index (χ0) is 27.7. The number of alkyl halides is 3. The van der Waals surface area contributed by atoms with Crippen molar-refractivity contribution < 1.29 is 27.1 Å². The highest BCUT2D eigenvalue weighted by Crippen LogP contribution is 2.39. The van der Waals surface area contributed by atoms with Gasteiger partial charge in [0.2, 0.25) is 5.89 Å². The minimum absolute atomic E-state index is 0.0230. The number of pyridine rings is 1. The van der Waals surface area contributed by atoms with Gasteiger partial charge in [0.1, 0.15) is 34.7 Å². The maximum absolute atomic E-state index is 14.3. The molecule has 0 aliphatic carbocycles. The number of benzene rings is 2. The summed E-state index contributed by atoms with van der Waals surface area (Å²) in [6.45, 7) is -0.366. The Labute approximate surface area is 218 Å². The third-order valence-electron chi connectivity index (χ3n) is 5.87. The highest BCUT2D eigenvalue weighted by Gasteiger charge is 2.35. The van der Waals surface area contributed by atoms with Gasteiger partial charge in [-0.25, -0.2) is 14.4 Å². The molecule has 0 unspecified atom stereocenters. The molecule has 0 bridgehead atoms. The van der Waals surface area contributed by atoms with Crippen LogP contribution in [0.4, 0.5) is 23.4 Å². The first-order valence-electron chi connectivity index (χ1n) is 11.6. The molecule has 0 saturated heterocycles. The predicted molar refractivity (Wildman–Crippen MR) is 132 cm³/mol. The Morgan fingerprint density at radius 2 is 1.92 bits per heavy atom. The molecule has 13 heteroatoms. The summed E-state index contributed by atoms with van der Waals surface area (Å²) in [5.74, 6) is -0.0229. The van der Waals surface area contributed by atoms with Gasteiger partial charge in [0.25, 0.3) is 0 Å². The Morgan fingerprint density at radius 3 is 2.62 bits per heavy atom. The molecule has 3 heterocycles. The molecule has 5 rings (SSSR count). The lowest BCUT2D eigenvalue weighted by atomic mass is 9.98. The van der Waals surface area contributed by atoms with E-state index in [4.69, 9.17) is 9.68 Å². The van der Waals surface area contributed by atoms with Crippen LogP contribution >= 0.6 is 0 Å². The number of aryl methyl sites for hydroxylation is 1. The van der Waals surface area contributed by atoms with Gasteiger partial charge in [0.05, 0.1) is 19.1 Å². The molecule has 2 N–H and O–H groups in total. The van der Waals surface area contributed by atoms with Crippen LogP contribution in [-0.4, -0.2) is 36.4 Å². The van der Waals surface area contributed by atoms with E-state index in [0.717, 1.165) is 6.07 Å². The molecule has 0 saturated carbocycles. The molecular weight excluding hydrogens is 518 g/mol. The number of aromatic nitrogens is 5. The van der Waals surface area contributed by atoms with Gasteiger partial charge in [0, 0.05) is 19.2 Å². The zero-order valence-electron chi connectivity index (χ0n) is 20.3. The molecule has 2 aromatic carbocycles. The number of nitrogens with zero attached hydrogens (tertiary/aromatic N) is 6. The Morgan fingerprint density at radius 1 is 1.10 bits per heavy atom. The van der Waals surface area contributed by atoms with E-state index in [1.165, 1.54) is 24.5 Å². The molecule has 3 aromatic heterocycles. The number of oxazole rings is 1. The Kier molecular flexibility index (Phi) is 6.71. The minimum atomic E-state index is -4.75. The zero-order valence-corrected chi connectivity index (χ0v) is 20.3. The topological polar surface area (TPSA) is 126 Å². The SMILES string of the molecule is Cn1cnnc1-c1cc(F)ccc1-c1cc(NCCC#N)nc(-c2nc3cc(CO)cc(C(F)(F)F)c3o2)c1. The molecule has 0 aliphatic heterocycles. The molecule has 0 spiro atoms. The first-order valence-corrected chi connectivity index (χ1v) is 11.6. The molecule has 39 heavy (non-hydrogen) atoms. The van der Waals surface area contributed by atoms with Crippen molar-refractivity contribution in [3.63, 3.8) is 0 Å². The second-order valence-electron chi connectivity index (χ2n) is 8.58. The van der Waals surface area contributed by atoms with Crippen molar-refractivity contribution in [2.75, 3.05) is 11.9 Å². The van der Waals surface area contributed by atoms with Crippen LogP contribution < -0.4 is 5.32 Å². The van der Waals surface area contributed by atoms with E-state index < -0.39 is 29.7 Å². The molecule has 0 aliphatic rings. The molecule has 0 atom stereocenters. The van der Waals surface area contributed by atoms with Crippen molar-refractivity contribution in [1.82, 2.24) is 24.7 Å². The van der Waals surface area contributed by atoms with Gasteiger partial charge in [-0.2, -0.15) is 18.4 Å². The van der Waals surface area contributed by atoms with Gasteiger partial charge in [-0.1, -0.05) is 6.07 Å². The predicted octanol–water partition coefficient (Wildman–Crippen LogP) is 5.33. The van der Waals surface area contributed by atoms with Gasteiger partial charge in [-0.05, 0) is 53.1 Å². The van der Waals surface area contributed by atoms with Crippen molar-refractivity contribution in [2.45, 2.75) is 19.2 Å². The molecule has 0 fully saturated rings. The number of rotatable bonds is 7. The lowest BCUT2D eigenvalue weighted by Gasteiger charge is -2.13. The van der Waals surface area contributed by atoms with Crippen LogP contribution in [0.1, 0.15) is 17.5 Å². The standard InChI is InChI=1S/C26H19F4N7O2/c1-37-13-33-36-24(37)18-11-16(27)3-4-17(18)15-9-21(34-22(10-15)32-6-2-5-31)25-35-20-8-14(12-38)7-19(23(20)39-25)26(28,29)30/h3-4,7-11,13,38H,2,6,12H2,1H3,(H,32,34). The van der Waals surface area contributed by atoms with Crippen LogP contribution in [0.15, 0.2) is 53.2 Å². The van der Waals surface area contributed by atoms with Crippen LogP contribution in [0.5, 0.6) is 0 Å². The second-order valence-corrected chi connectivity index (χ2v) is 8.58. The van der Waals surface area contributed by atoms with Crippen molar-refractivity contribution >= 4 is 16.9 Å². The monoisotopic (exact) mass is 537 g/mol. The van der Waals surface area contributed by atoms with Gasteiger partial charge < -0.3 is 19.4 Å². The summed E-state index contributed by atoms with van der Waals surface area (Å²) in [5, 5.41) is 29.3. The van der Waals surface area contributed by atoms with Crippen molar-refractivity contribution in [2.24, 2.45) is 7.05 Å². The van der Waals surface area contributed by atoms with Gasteiger partial charge in [-0.15, -0.1) is 10.2 Å². The van der Waals surface area contributed by atoms with Crippen molar-refractivity contribution in [3.8, 4) is 40.2 Å². The number of aliphatic hydroxyl groups excluding tert-OH is 1. The van der Waals surface area contributed by atoms with Crippen molar-refractivity contribution in [3.05, 3.63) is 65.7 Å². The molecule has 5 aromatic rings. The van der Waals surface area contributed by atoms with E-state index in [1.807, 2.05) is 6.07 Å². The van der Waals surface area contributed by atoms with Gasteiger partial charge >= 0.3 is 6.18 Å². The fourth-order valence-electron chi connectivity index (χ4n) is 4.12. The van der Waals surface area contributed by atoms with E-state index in [1.54, 1.807) is 29.8 Å². The lowest BCUT2D eigenvalue weighted by molar-refractivity contribution is -0.136. The highest BCUT2D eigenvalue weighted by atomic mass is 19.4. The quantitative estimate of drug-likeness (QED) is 0.211. The fourth-order valence-corrected chi connectivity index (χ4v) is 4.12. The maximum atomic E-state index is 14.3. The molecule has 198 valence electrons. The molecule has 0 amide bonds. The molecule has 9 nitrogen and oxygen atoms in total. The number of nitrogens with one attached hydrogen (secondary N) is 1. The normalized spacial score (nSPS) is 11.6. The summed E-state index contributed by atoms with van der Waals surface area (Å²) < 4.78 is 62.7. The third-order valence-corrected chi connectivity index (χ3v) is 5.87.